The third-order valence-electron chi connectivity index (χ3n) is 4.43. The van der Waals surface area contributed by atoms with E-state index in [1.807, 2.05) is 24.3 Å². The molecule has 1 aromatic carbocycles. The smallest absolute Gasteiger partial charge is 0.262 e. The summed E-state index contributed by atoms with van der Waals surface area (Å²) in [7, 11) is 0. The van der Waals surface area contributed by atoms with Crippen molar-refractivity contribution in [2.75, 3.05) is 11.9 Å². The minimum Gasteiger partial charge on any atom is -0.484 e. The van der Waals surface area contributed by atoms with Gasteiger partial charge in [0.2, 0.25) is 0 Å². The van der Waals surface area contributed by atoms with Gasteiger partial charge in [0.25, 0.3) is 5.91 Å². The maximum atomic E-state index is 12.2. The molecule has 0 unspecified atom stereocenters. The number of rotatable bonds is 5. The van der Waals surface area contributed by atoms with Crippen LogP contribution in [0.2, 0.25) is 0 Å². The molecule has 0 atom stereocenters. The first kappa shape index (κ1) is 17.5. The number of nitriles is 1. The van der Waals surface area contributed by atoms with Crippen molar-refractivity contribution < 1.29 is 9.53 Å². The molecule has 4 nitrogen and oxygen atoms in total. The predicted octanol–water partition coefficient (Wildman–Crippen LogP) is 4.64. The van der Waals surface area contributed by atoms with E-state index in [9.17, 15) is 10.1 Å². The first-order valence-electron chi connectivity index (χ1n) is 8.65. The van der Waals surface area contributed by atoms with E-state index < -0.39 is 0 Å². The highest BCUT2D eigenvalue weighted by atomic mass is 32.1. The average Bonchev–Trinajstić information content (AvgIpc) is 2.97. The normalized spacial score (nSPS) is 13.2. The quantitative estimate of drug-likeness (QED) is 0.851. The van der Waals surface area contributed by atoms with Gasteiger partial charge in [-0.3, -0.25) is 4.79 Å². The predicted molar refractivity (Wildman–Crippen MR) is 100 cm³/mol. The van der Waals surface area contributed by atoms with Crippen LogP contribution in [0.3, 0.4) is 0 Å². The summed E-state index contributed by atoms with van der Waals surface area (Å²) in [5.74, 6) is 0.866. The van der Waals surface area contributed by atoms with Crippen molar-refractivity contribution in [2.24, 2.45) is 0 Å². The van der Waals surface area contributed by atoms with E-state index in [4.69, 9.17) is 4.74 Å². The lowest BCUT2D eigenvalue weighted by molar-refractivity contribution is -0.118. The first-order chi connectivity index (χ1) is 12.1. The van der Waals surface area contributed by atoms with Crippen molar-refractivity contribution in [3.05, 3.63) is 45.8 Å². The summed E-state index contributed by atoms with van der Waals surface area (Å²) in [5, 5.41) is 13.0. The van der Waals surface area contributed by atoms with Gasteiger partial charge in [-0.25, -0.2) is 0 Å². The summed E-state index contributed by atoms with van der Waals surface area (Å²) in [6, 6.07) is 10.1. The molecule has 0 aliphatic heterocycles. The van der Waals surface area contributed by atoms with Crippen LogP contribution in [0.15, 0.2) is 24.3 Å². The molecule has 0 radical (unpaired) electrons. The summed E-state index contributed by atoms with van der Waals surface area (Å²) in [6.45, 7) is 4.18. The molecular weight excluding hydrogens is 332 g/mol. The van der Waals surface area contributed by atoms with Gasteiger partial charge in [-0.1, -0.05) is 26.0 Å². The highest BCUT2D eigenvalue weighted by Gasteiger charge is 2.21. The first-order valence-corrected chi connectivity index (χ1v) is 9.47. The highest BCUT2D eigenvalue weighted by Crippen LogP contribution is 2.37. The molecule has 1 aliphatic rings. The second-order valence-electron chi connectivity index (χ2n) is 6.59. The van der Waals surface area contributed by atoms with Gasteiger partial charge in [0.05, 0.1) is 5.56 Å². The number of fused-ring (bicyclic) bond motifs is 1. The fraction of sp³-hybridized carbons (Fsp3) is 0.400. The van der Waals surface area contributed by atoms with Crippen molar-refractivity contribution in [1.82, 2.24) is 0 Å². The Morgan fingerprint density at radius 3 is 2.92 bits per heavy atom. The molecule has 1 N–H and O–H groups in total. The van der Waals surface area contributed by atoms with E-state index in [0.29, 0.717) is 22.2 Å². The molecule has 1 heterocycles. The lowest BCUT2D eigenvalue weighted by Gasteiger charge is -2.10. The van der Waals surface area contributed by atoms with Gasteiger partial charge >= 0.3 is 0 Å². The number of nitrogens with one attached hydrogen (secondary N) is 1. The van der Waals surface area contributed by atoms with Gasteiger partial charge in [0.15, 0.2) is 6.61 Å². The van der Waals surface area contributed by atoms with Crippen LogP contribution in [0.25, 0.3) is 0 Å². The molecule has 3 rings (SSSR count). The Hall–Kier alpha value is -2.32. The zero-order valence-corrected chi connectivity index (χ0v) is 15.4. The fourth-order valence-corrected chi connectivity index (χ4v) is 4.30. The van der Waals surface area contributed by atoms with Crippen LogP contribution in [0.4, 0.5) is 5.00 Å². The number of benzene rings is 1. The van der Waals surface area contributed by atoms with E-state index in [-0.39, 0.29) is 12.5 Å². The lowest BCUT2D eigenvalue weighted by atomic mass is 9.96. The molecule has 1 aromatic heterocycles. The summed E-state index contributed by atoms with van der Waals surface area (Å²) >= 11 is 1.53. The van der Waals surface area contributed by atoms with Crippen molar-refractivity contribution in [3.8, 4) is 11.8 Å². The van der Waals surface area contributed by atoms with Crippen molar-refractivity contribution in [2.45, 2.75) is 45.4 Å². The summed E-state index contributed by atoms with van der Waals surface area (Å²) in [6.07, 6.45) is 4.20. The highest BCUT2D eigenvalue weighted by molar-refractivity contribution is 7.16. The number of hydrogen-bond donors (Lipinski definition) is 1. The van der Waals surface area contributed by atoms with Crippen molar-refractivity contribution >= 4 is 22.2 Å². The molecule has 0 spiro atoms. The molecule has 1 amide bonds. The van der Waals surface area contributed by atoms with Gasteiger partial charge in [-0.05, 0) is 54.9 Å². The number of carbonyl (C=O) groups is 1. The molecule has 2 aromatic rings. The largest absolute Gasteiger partial charge is 0.484 e. The zero-order chi connectivity index (χ0) is 17.8. The van der Waals surface area contributed by atoms with Crippen molar-refractivity contribution in [3.63, 3.8) is 0 Å². The summed E-state index contributed by atoms with van der Waals surface area (Å²) < 4.78 is 5.62. The monoisotopic (exact) mass is 354 g/mol. The lowest BCUT2D eigenvalue weighted by Crippen LogP contribution is -2.20. The molecule has 5 heteroatoms. The Balaban J connectivity index is 1.65. The third kappa shape index (κ3) is 4.02. The molecular formula is C20H22N2O2S. The second-order valence-corrected chi connectivity index (χ2v) is 7.70. The van der Waals surface area contributed by atoms with Crippen LogP contribution in [-0.2, 0) is 17.6 Å². The zero-order valence-electron chi connectivity index (χ0n) is 14.6. The summed E-state index contributed by atoms with van der Waals surface area (Å²) in [4.78, 5) is 13.5. The molecule has 0 saturated heterocycles. The molecule has 0 bridgehead atoms. The van der Waals surface area contributed by atoms with E-state index in [1.165, 1.54) is 21.8 Å². The number of nitrogens with zero attached hydrogens (tertiary/aromatic N) is 1. The number of carbonyl (C=O) groups excluding carboxylic acids is 1. The molecule has 1 aliphatic carbocycles. The summed E-state index contributed by atoms with van der Waals surface area (Å²) in [5.41, 5.74) is 2.94. The Kier molecular flexibility index (Phi) is 5.40. The van der Waals surface area contributed by atoms with Gasteiger partial charge < -0.3 is 10.1 Å². The standard InChI is InChI=1S/C20H22N2O2S/c1-13(2)14-6-5-7-15(10-14)24-12-19(23)22-20-17(11-21)16-8-3-4-9-18(16)25-20/h5-7,10,13H,3-4,8-9,12H2,1-2H3,(H,22,23). The van der Waals surface area contributed by atoms with E-state index in [0.717, 1.165) is 31.2 Å². The number of hydrogen-bond acceptors (Lipinski definition) is 4. The van der Waals surface area contributed by atoms with Gasteiger partial charge in [0.1, 0.15) is 16.8 Å². The van der Waals surface area contributed by atoms with Gasteiger partial charge in [0, 0.05) is 4.88 Å². The molecule has 0 fully saturated rings. The molecule has 25 heavy (non-hydrogen) atoms. The Morgan fingerprint density at radius 2 is 2.16 bits per heavy atom. The van der Waals surface area contributed by atoms with E-state index >= 15 is 0 Å². The Labute approximate surface area is 152 Å². The van der Waals surface area contributed by atoms with Crippen LogP contribution in [-0.4, -0.2) is 12.5 Å². The minimum absolute atomic E-state index is 0.0605. The Bertz CT molecular complexity index is 818. The van der Waals surface area contributed by atoms with Gasteiger partial charge in [-0.2, -0.15) is 5.26 Å². The van der Waals surface area contributed by atoms with Gasteiger partial charge in [-0.15, -0.1) is 11.3 Å². The maximum absolute atomic E-state index is 12.2. The fourth-order valence-electron chi connectivity index (χ4n) is 3.05. The van der Waals surface area contributed by atoms with Crippen LogP contribution in [0.5, 0.6) is 5.75 Å². The topological polar surface area (TPSA) is 62.1 Å². The average molecular weight is 354 g/mol. The number of amides is 1. The molecule has 130 valence electrons. The maximum Gasteiger partial charge on any atom is 0.262 e. The van der Waals surface area contributed by atoms with Crippen LogP contribution >= 0.6 is 11.3 Å². The van der Waals surface area contributed by atoms with Crippen LogP contribution in [0.1, 0.15) is 54.2 Å². The number of thiophene rings is 1. The molecule has 0 saturated carbocycles. The number of ether oxygens (including phenoxy) is 1. The van der Waals surface area contributed by atoms with E-state index in [1.54, 1.807) is 0 Å². The van der Waals surface area contributed by atoms with Crippen LogP contribution in [0, 0.1) is 11.3 Å². The second kappa shape index (κ2) is 7.71. The third-order valence-corrected chi connectivity index (χ3v) is 5.64. The van der Waals surface area contributed by atoms with E-state index in [2.05, 4.69) is 25.2 Å². The Morgan fingerprint density at radius 1 is 1.36 bits per heavy atom. The van der Waals surface area contributed by atoms with Crippen LogP contribution < -0.4 is 10.1 Å². The SMILES string of the molecule is CC(C)c1cccc(OCC(=O)Nc2sc3c(c2C#N)CCCC3)c1. The van der Waals surface area contributed by atoms with Crippen molar-refractivity contribution in [1.29, 1.82) is 5.26 Å². The number of anilines is 1. The minimum atomic E-state index is -0.231. The number of aryl methyl sites for hydroxylation is 1.